The Bertz CT molecular complexity index is 557. The molecule has 0 N–H and O–H groups in total. The summed E-state index contributed by atoms with van der Waals surface area (Å²) in [5, 5.41) is 0. The quantitative estimate of drug-likeness (QED) is 0.674. The molecule has 2 heterocycles. The van der Waals surface area contributed by atoms with E-state index in [1.54, 1.807) is 23.8 Å². The van der Waals surface area contributed by atoms with Gasteiger partial charge in [-0.1, -0.05) is 0 Å². The highest BCUT2D eigenvalue weighted by Gasteiger charge is 2.32. The molecule has 2 amide bonds. The van der Waals surface area contributed by atoms with E-state index < -0.39 is 9.84 Å². The summed E-state index contributed by atoms with van der Waals surface area (Å²) in [6, 6.07) is -0.192. The first kappa shape index (κ1) is 19.0. The van der Waals surface area contributed by atoms with Gasteiger partial charge in [0.05, 0.1) is 18.1 Å². The summed E-state index contributed by atoms with van der Waals surface area (Å²) in [5.41, 5.74) is 0. The third-order valence-electron chi connectivity index (χ3n) is 4.69. The smallest absolute Gasteiger partial charge is 0.409 e. The van der Waals surface area contributed by atoms with E-state index >= 15 is 0 Å². The average Bonchev–Trinajstić information content (AvgIpc) is 2.92. The highest BCUT2D eigenvalue weighted by Crippen LogP contribution is 2.17. The molecule has 0 aliphatic carbocycles. The summed E-state index contributed by atoms with van der Waals surface area (Å²) in [4.78, 5) is 29.3. The third kappa shape index (κ3) is 5.07. The summed E-state index contributed by atoms with van der Waals surface area (Å²) >= 11 is 0. The molecule has 0 aromatic carbocycles. The van der Waals surface area contributed by atoms with Crippen molar-refractivity contribution >= 4 is 21.8 Å². The standard InChI is InChI=1S/C15H27N3O5S/c1-3-23-15(20)18-9-7-17(8-10-18)6-4-14(19)16(2)13-5-11-24(21,22)12-13/h13H,3-12H2,1-2H3. The van der Waals surface area contributed by atoms with Gasteiger partial charge in [0.25, 0.3) is 0 Å². The lowest BCUT2D eigenvalue weighted by molar-refractivity contribution is -0.132. The Labute approximate surface area is 143 Å². The molecule has 2 fully saturated rings. The SMILES string of the molecule is CCOC(=O)N1CCN(CCC(=O)N(C)C2CCS(=O)(=O)C2)CC1. The lowest BCUT2D eigenvalue weighted by atomic mass is 10.2. The summed E-state index contributed by atoms with van der Waals surface area (Å²) in [6.45, 7) is 5.41. The van der Waals surface area contributed by atoms with Crippen LogP contribution in [-0.4, -0.2) is 99.0 Å². The predicted octanol–water partition coefficient (Wildman–Crippen LogP) is -0.204. The van der Waals surface area contributed by atoms with Crippen molar-refractivity contribution in [2.24, 2.45) is 0 Å². The Morgan fingerprint density at radius 3 is 2.42 bits per heavy atom. The highest BCUT2D eigenvalue weighted by atomic mass is 32.2. The summed E-state index contributed by atoms with van der Waals surface area (Å²) in [5.74, 6) is 0.225. The van der Waals surface area contributed by atoms with Gasteiger partial charge in [-0.2, -0.15) is 0 Å². The van der Waals surface area contributed by atoms with Crippen molar-refractivity contribution in [3.05, 3.63) is 0 Å². The van der Waals surface area contributed by atoms with E-state index in [0.29, 0.717) is 52.2 Å². The van der Waals surface area contributed by atoms with E-state index in [2.05, 4.69) is 4.90 Å². The van der Waals surface area contributed by atoms with Gasteiger partial charge in [0, 0.05) is 52.2 Å². The number of carbonyl (C=O) groups excluding carboxylic acids is 2. The fourth-order valence-electron chi connectivity index (χ4n) is 3.08. The minimum absolute atomic E-state index is 0.0232. The Hall–Kier alpha value is -1.35. The fraction of sp³-hybridized carbons (Fsp3) is 0.867. The number of ether oxygens (including phenoxy) is 1. The van der Waals surface area contributed by atoms with Crippen LogP contribution in [0.25, 0.3) is 0 Å². The number of piperazine rings is 1. The van der Waals surface area contributed by atoms with Crippen molar-refractivity contribution in [3.63, 3.8) is 0 Å². The van der Waals surface area contributed by atoms with Gasteiger partial charge in [0.1, 0.15) is 0 Å². The van der Waals surface area contributed by atoms with Crippen LogP contribution in [0.5, 0.6) is 0 Å². The molecular formula is C15H27N3O5S. The minimum atomic E-state index is -2.98. The van der Waals surface area contributed by atoms with Gasteiger partial charge in [-0.15, -0.1) is 0 Å². The first-order valence-electron chi connectivity index (χ1n) is 8.42. The second kappa shape index (κ2) is 8.15. The number of sulfone groups is 1. The lowest BCUT2D eigenvalue weighted by Crippen LogP contribution is -2.49. The van der Waals surface area contributed by atoms with Crippen LogP contribution >= 0.6 is 0 Å². The molecule has 0 aromatic rings. The first-order chi connectivity index (χ1) is 11.3. The molecule has 0 spiro atoms. The van der Waals surface area contributed by atoms with E-state index in [1.165, 1.54) is 0 Å². The van der Waals surface area contributed by atoms with Gasteiger partial charge in [0.15, 0.2) is 9.84 Å². The van der Waals surface area contributed by atoms with Gasteiger partial charge >= 0.3 is 6.09 Å². The second-order valence-corrected chi connectivity index (χ2v) is 8.57. The molecule has 2 rings (SSSR count). The van der Waals surface area contributed by atoms with Crippen LogP contribution < -0.4 is 0 Å². The summed E-state index contributed by atoms with van der Waals surface area (Å²) in [6.07, 6.45) is 0.616. The van der Waals surface area contributed by atoms with Crippen molar-refractivity contribution in [1.82, 2.24) is 14.7 Å². The van der Waals surface area contributed by atoms with E-state index in [1.807, 2.05) is 0 Å². The van der Waals surface area contributed by atoms with E-state index in [9.17, 15) is 18.0 Å². The van der Waals surface area contributed by atoms with Crippen molar-refractivity contribution in [3.8, 4) is 0 Å². The second-order valence-electron chi connectivity index (χ2n) is 6.34. The Kier molecular flexibility index (Phi) is 6.45. The average molecular weight is 361 g/mol. The number of hydrogen-bond donors (Lipinski definition) is 0. The van der Waals surface area contributed by atoms with E-state index in [0.717, 1.165) is 0 Å². The molecule has 0 aromatic heterocycles. The van der Waals surface area contributed by atoms with Gasteiger partial charge in [0.2, 0.25) is 5.91 Å². The van der Waals surface area contributed by atoms with Crippen LogP contribution in [0.1, 0.15) is 19.8 Å². The Morgan fingerprint density at radius 1 is 1.21 bits per heavy atom. The Morgan fingerprint density at radius 2 is 1.88 bits per heavy atom. The zero-order valence-electron chi connectivity index (χ0n) is 14.4. The van der Waals surface area contributed by atoms with Crippen molar-refractivity contribution in [1.29, 1.82) is 0 Å². The van der Waals surface area contributed by atoms with Crippen LogP contribution in [0, 0.1) is 0 Å². The number of amides is 2. The summed E-state index contributed by atoms with van der Waals surface area (Å²) < 4.78 is 28.0. The topological polar surface area (TPSA) is 87.2 Å². The van der Waals surface area contributed by atoms with Crippen LogP contribution in [0.2, 0.25) is 0 Å². The minimum Gasteiger partial charge on any atom is -0.450 e. The molecule has 8 nitrogen and oxygen atoms in total. The molecule has 1 atom stereocenters. The zero-order chi connectivity index (χ0) is 17.7. The molecule has 0 radical (unpaired) electrons. The van der Waals surface area contributed by atoms with Crippen LogP contribution in [0.15, 0.2) is 0 Å². The van der Waals surface area contributed by atoms with Crippen molar-refractivity contribution in [2.45, 2.75) is 25.8 Å². The molecule has 2 aliphatic rings. The molecule has 0 saturated carbocycles. The number of nitrogens with zero attached hydrogens (tertiary/aromatic N) is 3. The van der Waals surface area contributed by atoms with Gasteiger partial charge < -0.3 is 14.5 Å². The van der Waals surface area contributed by atoms with Crippen molar-refractivity contribution < 1.29 is 22.7 Å². The Balaban J connectivity index is 1.70. The molecule has 2 aliphatic heterocycles. The highest BCUT2D eigenvalue weighted by molar-refractivity contribution is 7.91. The molecule has 138 valence electrons. The zero-order valence-corrected chi connectivity index (χ0v) is 15.3. The van der Waals surface area contributed by atoms with Crippen LogP contribution in [-0.2, 0) is 19.4 Å². The number of hydrogen-bond acceptors (Lipinski definition) is 6. The molecule has 1 unspecified atom stereocenters. The maximum Gasteiger partial charge on any atom is 0.409 e. The molecule has 2 saturated heterocycles. The van der Waals surface area contributed by atoms with Gasteiger partial charge in [-0.25, -0.2) is 13.2 Å². The molecule has 24 heavy (non-hydrogen) atoms. The third-order valence-corrected chi connectivity index (χ3v) is 6.44. The predicted molar refractivity (Wildman–Crippen MR) is 89.5 cm³/mol. The van der Waals surface area contributed by atoms with E-state index in [4.69, 9.17) is 4.74 Å². The van der Waals surface area contributed by atoms with Gasteiger partial charge in [-0.05, 0) is 13.3 Å². The maximum absolute atomic E-state index is 12.3. The van der Waals surface area contributed by atoms with E-state index in [-0.39, 0.29) is 29.5 Å². The normalized spacial score (nSPS) is 23.9. The largest absolute Gasteiger partial charge is 0.450 e. The monoisotopic (exact) mass is 361 g/mol. The number of rotatable bonds is 5. The van der Waals surface area contributed by atoms with Gasteiger partial charge in [-0.3, -0.25) is 9.69 Å². The summed E-state index contributed by atoms with van der Waals surface area (Å²) in [7, 11) is -1.30. The molecular weight excluding hydrogens is 334 g/mol. The lowest BCUT2D eigenvalue weighted by Gasteiger charge is -2.34. The number of carbonyl (C=O) groups is 2. The van der Waals surface area contributed by atoms with Crippen LogP contribution in [0.3, 0.4) is 0 Å². The molecule has 0 bridgehead atoms. The van der Waals surface area contributed by atoms with Crippen LogP contribution in [0.4, 0.5) is 4.79 Å². The maximum atomic E-state index is 12.3. The molecule has 9 heteroatoms. The first-order valence-corrected chi connectivity index (χ1v) is 10.2. The van der Waals surface area contributed by atoms with Crippen molar-refractivity contribution in [2.75, 3.05) is 57.9 Å². The fourth-order valence-corrected chi connectivity index (χ4v) is 4.86.